The van der Waals surface area contributed by atoms with Gasteiger partial charge >= 0.3 is 0 Å². The highest BCUT2D eigenvalue weighted by Gasteiger charge is 2.30. The van der Waals surface area contributed by atoms with Gasteiger partial charge in [-0.1, -0.05) is 135 Å². The van der Waals surface area contributed by atoms with Crippen molar-refractivity contribution in [2.24, 2.45) is 11.8 Å². The number of nitrogens with zero attached hydrogens (tertiary/aromatic N) is 4. The number of ether oxygens (including phenoxy) is 1. The lowest BCUT2D eigenvalue weighted by Gasteiger charge is -2.27. The molecule has 95 heavy (non-hydrogen) atoms. The molecule has 0 aliphatic rings. The summed E-state index contributed by atoms with van der Waals surface area (Å²) in [5.41, 5.74) is 6.04. The number of aliphatic hydroxyl groups excluding tert-OH is 2. The maximum atomic E-state index is 14.0. The zero-order valence-corrected chi connectivity index (χ0v) is 58.5. The highest BCUT2D eigenvalue weighted by atomic mass is 32.2. The second-order valence-electron chi connectivity index (χ2n) is 24.5. The van der Waals surface area contributed by atoms with Crippen molar-refractivity contribution in [3.05, 3.63) is 243 Å². The summed E-state index contributed by atoms with van der Waals surface area (Å²) >= 11 is 1.57. The lowest BCUT2D eigenvalue weighted by atomic mass is 9.86. The van der Waals surface area contributed by atoms with Gasteiger partial charge in [-0.2, -0.15) is 0 Å². The van der Waals surface area contributed by atoms with Crippen LogP contribution in [-0.4, -0.2) is 134 Å². The number of carbonyl (C=O) groups excluding carboxylic acids is 4. The molecule has 2 N–H and O–H groups in total. The minimum Gasteiger partial charge on any atom is -0.497 e. The molecule has 0 aliphatic heterocycles. The smallest absolute Gasteiger partial charge is 0.231 e. The van der Waals surface area contributed by atoms with Gasteiger partial charge in [-0.3, -0.25) is 32.7 Å². The number of likely N-dealkylation sites (N-methyl/N-ethyl adjacent to an activating group) is 1. The van der Waals surface area contributed by atoms with E-state index in [0.29, 0.717) is 31.7 Å². The molecule has 1 aromatic heterocycles. The minimum absolute atomic E-state index is 0.0142. The Morgan fingerprint density at radius 2 is 0.905 bits per heavy atom. The van der Waals surface area contributed by atoms with E-state index in [9.17, 15) is 54.6 Å². The first kappa shape index (κ1) is 74.4. The highest BCUT2D eigenvalue weighted by Crippen LogP contribution is 2.32. The third-order valence-corrected chi connectivity index (χ3v) is 22.0. The first-order valence-corrected chi connectivity index (χ1v) is 37.5. The van der Waals surface area contributed by atoms with E-state index in [4.69, 9.17) is 4.74 Å². The van der Waals surface area contributed by atoms with Gasteiger partial charge in [-0.25, -0.2) is 30.2 Å². The van der Waals surface area contributed by atoms with Crippen molar-refractivity contribution < 1.29 is 59.4 Å². The molecule has 7 aromatic carbocycles. The molecule has 0 aliphatic carbocycles. The molecule has 0 saturated carbocycles. The van der Waals surface area contributed by atoms with E-state index in [1.807, 2.05) is 159 Å². The quantitative estimate of drug-likeness (QED) is 0.0363. The summed E-state index contributed by atoms with van der Waals surface area (Å²) in [4.78, 5) is 61.6. The van der Waals surface area contributed by atoms with Crippen LogP contribution in [0.1, 0.15) is 132 Å². The highest BCUT2D eigenvalue weighted by molar-refractivity contribution is 7.92. The molecule has 8 aromatic rings. The average molecular weight is 1370 g/mol. The molecule has 504 valence electrons. The second-order valence-corrected chi connectivity index (χ2v) is 31.6. The van der Waals surface area contributed by atoms with Gasteiger partial charge in [0.25, 0.3) is 0 Å². The number of thiazole rings is 1. The van der Waals surface area contributed by atoms with Crippen LogP contribution >= 0.6 is 11.3 Å². The van der Waals surface area contributed by atoms with Crippen LogP contribution in [0.4, 0.5) is 11.4 Å². The van der Waals surface area contributed by atoms with Gasteiger partial charge in [-0.05, 0) is 140 Å². The molecule has 0 fully saturated rings. The number of hydrogen-bond acceptors (Lipinski definition) is 16. The van der Waals surface area contributed by atoms with Crippen molar-refractivity contribution in [1.29, 1.82) is 0 Å². The van der Waals surface area contributed by atoms with Crippen molar-refractivity contribution >= 4 is 75.7 Å². The van der Waals surface area contributed by atoms with E-state index < -0.39 is 59.7 Å². The van der Waals surface area contributed by atoms with Gasteiger partial charge in [0.2, 0.25) is 20.0 Å². The van der Waals surface area contributed by atoms with E-state index in [1.165, 1.54) is 63.7 Å². The summed E-state index contributed by atoms with van der Waals surface area (Å²) in [6.45, 7) is 6.75. The summed E-state index contributed by atoms with van der Waals surface area (Å²) < 4.78 is 83.3. The summed E-state index contributed by atoms with van der Waals surface area (Å²) in [6, 6.07) is 53.2. The number of anilines is 2. The normalized spacial score (nSPS) is 13.7. The zero-order chi connectivity index (χ0) is 69.2. The Morgan fingerprint density at radius 1 is 0.526 bits per heavy atom. The Morgan fingerprint density at radius 3 is 1.27 bits per heavy atom. The van der Waals surface area contributed by atoms with Crippen molar-refractivity contribution in [3.63, 3.8) is 0 Å². The van der Waals surface area contributed by atoms with E-state index in [1.54, 1.807) is 29.5 Å². The Kier molecular flexibility index (Phi) is 26.7. The monoisotopic (exact) mass is 1370 g/mol. The lowest BCUT2D eigenvalue weighted by Crippen LogP contribution is -2.36. The van der Waals surface area contributed by atoms with Crippen LogP contribution in [0, 0.1) is 18.8 Å². The molecule has 0 bridgehead atoms. The number of sulfone groups is 1. The van der Waals surface area contributed by atoms with Crippen LogP contribution in [-0.2, 0) is 49.3 Å². The van der Waals surface area contributed by atoms with Crippen LogP contribution < -0.4 is 13.3 Å². The van der Waals surface area contributed by atoms with Crippen molar-refractivity contribution in [2.45, 2.75) is 101 Å². The van der Waals surface area contributed by atoms with Gasteiger partial charge in [0.1, 0.15) is 10.8 Å². The Balaban J connectivity index is 0.000000269. The van der Waals surface area contributed by atoms with E-state index in [-0.39, 0.29) is 106 Å². The summed E-state index contributed by atoms with van der Waals surface area (Å²) in [7, 11) is -4.97. The lowest BCUT2D eigenvalue weighted by molar-refractivity contribution is 0.0597. The van der Waals surface area contributed by atoms with Crippen LogP contribution in [0.25, 0.3) is 0 Å². The van der Waals surface area contributed by atoms with Crippen molar-refractivity contribution in [2.75, 3.05) is 61.7 Å². The second kappa shape index (κ2) is 34.1. The Hall–Kier alpha value is -8.02. The number of hydrogen-bond donors (Lipinski definition) is 2. The number of aliphatic hydroxyl groups is 2. The fourth-order valence-electron chi connectivity index (χ4n) is 11.1. The number of benzene rings is 7. The Bertz CT molecular complexity index is 4220. The molecule has 1 heterocycles. The van der Waals surface area contributed by atoms with Gasteiger partial charge in [0, 0.05) is 79.7 Å². The molecular weight excluding hydrogens is 1280 g/mol. The van der Waals surface area contributed by atoms with E-state index >= 15 is 0 Å². The number of aryl methyl sites for hydroxylation is 1. The van der Waals surface area contributed by atoms with Gasteiger partial charge in [-0.15, -0.1) is 11.3 Å². The predicted octanol–water partition coefficient (Wildman–Crippen LogP) is 12.3. The summed E-state index contributed by atoms with van der Waals surface area (Å²) in [5.74, 6) is -2.23. The Labute approximate surface area is 564 Å². The standard InChI is InChI=1S/C38H43NO8S2.C36H43N3O5S2/c1-27(29-13-9-6-10-14-29)21-37(41)31-23-32(25-33(24-31)39(2)48(4,43)44)38(42)26-30(22-28-11-7-5-8-12-28)36(40)19-20-49(45,46)35-17-15-34(47-3)16-18-35;1-25(28-14-10-7-11-15-28)16-33(40)30-18-31(20-32(19-30)39(4)46(5,43)44)34(41)21-29(17-27-12-8-6-9-13-27)35(42)22-38(3)23-36-37-26(2)24-45-36/h5-18,23-25,27,30,36,40H,19-22,26H2,1-4H3;6-15,18-20,24-25,29,35,42H,16-17,21-23H2,1-5H3. The SMILES string of the molecule is COc1ccc(S(=O)(=O)CCC(O)C(CC(=O)c2cc(C(=O)CC(C)c3ccccc3)cc(N(C)S(C)(=O)=O)c2)Cc2ccccc2)cc1.Cc1csc(CN(C)CC(O)C(CC(=O)c2cc(C(=O)CC(C)c3ccccc3)cc(N(C)S(C)(=O)=O)c2)Cc2ccccc2)n1. The molecule has 8 rings (SSSR count). The molecule has 6 atom stereocenters. The predicted molar refractivity (Wildman–Crippen MR) is 377 cm³/mol. The fraction of sp³-hybridized carbons (Fsp3) is 0.338. The molecule has 0 amide bonds. The number of carbonyl (C=O) groups is 4. The zero-order valence-electron chi connectivity index (χ0n) is 55.2. The van der Waals surface area contributed by atoms with Crippen LogP contribution in [0.15, 0.2) is 192 Å². The number of methoxy groups -OCH3 is 1. The summed E-state index contributed by atoms with van der Waals surface area (Å²) in [5, 5.41) is 25.8. The molecule has 0 radical (unpaired) electrons. The van der Waals surface area contributed by atoms with E-state index in [0.717, 1.165) is 54.1 Å². The van der Waals surface area contributed by atoms with E-state index in [2.05, 4.69) is 4.98 Å². The van der Waals surface area contributed by atoms with Gasteiger partial charge in [0.15, 0.2) is 33.0 Å². The van der Waals surface area contributed by atoms with Gasteiger partial charge in [0.05, 0.1) is 60.4 Å². The van der Waals surface area contributed by atoms with Crippen LogP contribution in [0.5, 0.6) is 5.75 Å². The summed E-state index contributed by atoms with van der Waals surface area (Å²) in [6.07, 6.45) is 0.961. The number of Topliss-reactive ketones (excluding diaryl/α,β-unsaturated/α-hetero) is 4. The van der Waals surface area contributed by atoms with Crippen LogP contribution in [0.2, 0.25) is 0 Å². The molecule has 0 saturated heterocycles. The first-order valence-electron chi connectivity index (χ1n) is 31.3. The minimum atomic E-state index is -3.74. The molecule has 0 spiro atoms. The average Bonchev–Trinajstić information content (AvgIpc) is 1.09. The topological polar surface area (TPSA) is 243 Å². The van der Waals surface area contributed by atoms with Crippen molar-refractivity contribution in [1.82, 2.24) is 9.88 Å². The number of rotatable bonds is 33. The molecule has 21 heteroatoms. The van der Waals surface area contributed by atoms with Crippen LogP contribution in [0.3, 0.4) is 0 Å². The molecule has 6 unspecified atom stereocenters. The largest absolute Gasteiger partial charge is 0.497 e. The molecular formula is C74H86N4O13S4. The number of aromatic nitrogens is 1. The first-order chi connectivity index (χ1) is 45.0. The fourth-order valence-corrected chi connectivity index (χ4v) is 14.3. The third kappa shape index (κ3) is 22.3. The molecule has 17 nitrogen and oxygen atoms in total. The van der Waals surface area contributed by atoms with Crippen molar-refractivity contribution in [3.8, 4) is 5.75 Å². The number of ketones is 4. The third-order valence-electron chi connectivity index (χ3n) is 16.9. The maximum absolute atomic E-state index is 14.0. The number of sulfonamides is 2. The maximum Gasteiger partial charge on any atom is 0.231 e. The van der Waals surface area contributed by atoms with Gasteiger partial charge < -0.3 is 14.9 Å².